The van der Waals surface area contributed by atoms with Crippen LogP contribution in [0.4, 0.5) is 0 Å². The molecule has 6 heteroatoms. The van der Waals surface area contributed by atoms with Crippen LogP contribution in [0.5, 0.6) is 5.75 Å². The normalized spacial score (nSPS) is 10.8. The van der Waals surface area contributed by atoms with Gasteiger partial charge >= 0.3 is 5.97 Å². The van der Waals surface area contributed by atoms with E-state index in [-0.39, 0.29) is 5.56 Å². The number of benzene rings is 1. The first-order valence-electron chi connectivity index (χ1n) is 6.87. The highest BCUT2D eigenvalue weighted by Crippen LogP contribution is 2.28. The number of fused-ring (bicyclic) bond motifs is 1. The maximum atomic E-state index is 12.4. The first-order chi connectivity index (χ1) is 10.6. The summed E-state index contributed by atoms with van der Waals surface area (Å²) in [6.07, 6.45) is 1.51. The van der Waals surface area contributed by atoms with E-state index in [1.807, 2.05) is 13.0 Å². The number of hydrogen-bond donors (Lipinski definition) is 0. The molecule has 3 aromatic rings. The van der Waals surface area contributed by atoms with E-state index in [1.54, 1.807) is 31.2 Å². The van der Waals surface area contributed by atoms with Crippen LogP contribution in [0.1, 0.15) is 22.2 Å². The fourth-order valence-corrected chi connectivity index (χ4v) is 3.24. The zero-order chi connectivity index (χ0) is 15.7. The topological polar surface area (TPSA) is 61.2 Å². The maximum Gasteiger partial charge on any atom is 0.354 e. The average Bonchev–Trinajstić information content (AvgIpc) is 2.86. The van der Waals surface area contributed by atoms with Gasteiger partial charge in [-0.25, -0.2) is 9.78 Å². The van der Waals surface area contributed by atoms with Gasteiger partial charge in [0.15, 0.2) is 0 Å². The number of nitrogens with zero attached hydrogens (tertiary/aromatic N) is 2. The Bertz CT molecular complexity index is 897. The van der Waals surface area contributed by atoms with Gasteiger partial charge in [-0.2, -0.15) is 0 Å². The molecular weight excluding hydrogens is 300 g/mol. The number of aryl methyl sites for hydroxylation is 2. The van der Waals surface area contributed by atoms with E-state index >= 15 is 0 Å². The molecule has 2 aromatic heterocycles. The molecule has 0 amide bonds. The zero-order valence-corrected chi connectivity index (χ0v) is 13.0. The van der Waals surface area contributed by atoms with Crippen molar-refractivity contribution in [3.63, 3.8) is 0 Å². The molecule has 3 rings (SSSR count). The van der Waals surface area contributed by atoms with Crippen LogP contribution in [0.3, 0.4) is 0 Å². The molecule has 0 radical (unpaired) electrons. The third kappa shape index (κ3) is 2.42. The highest BCUT2D eigenvalue weighted by molar-refractivity contribution is 7.20. The molecule has 0 saturated heterocycles. The molecule has 0 aliphatic heterocycles. The number of aromatic nitrogens is 2. The van der Waals surface area contributed by atoms with Crippen molar-refractivity contribution in [1.82, 2.24) is 9.55 Å². The molecule has 0 unspecified atom stereocenters. The van der Waals surface area contributed by atoms with Crippen LogP contribution in [-0.2, 0) is 6.54 Å². The summed E-state index contributed by atoms with van der Waals surface area (Å²) >= 11 is 1.19. The van der Waals surface area contributed by atoms with Crippen molar-refractivity contribution in [1.29, 1.82) is 0 Å². The highest BCUT2D eigenvalue weighted by Gasteiger charge is 2.20. The Morgan fingerprint density at radius 3 is 2.73 bits per heavy atom. The van der Waals surface area contributed by atoms with Gasteiger partial charge in [-0.05, 0) is 31.5 Å². The summed E-state index contributed by atoms with van der Waals surface area (Å²) in [5.41, 5.74) is 0.501. The Labute approximate surface area is 130 Å². The fraction of sp³-hybridized carbons (Fsp3) is 0.188. The van der Waals surface area contributed by atoms with Crippen molar-refractivity contribution >= 4 is 27.5 Å². The van der Waals surface area contributed by atoms with Gasteiger partial charge in [-0.15, -0.1) is 11.3 Å². The van der Waals surface area contributed by atoms with Gasteiger partial charge in [-0.3, -0.25) is 9.36 Å². The second-order valence-corrected chi connectivity index (χ2v) is 5.77. The monoisotopic (exact) mass is 314 g/mol. The number of esters is 1. The molecule has 5 nitrogen and oxygen atoms in total. The Morgan fingerprint density at radius 2 is 2.05 bits per heavy atom. The Kier molecular flexibility index (Phi) is 3.77. The largest absolute Gasteiger partial charge is 0.422 e. The maximum absolute atomic E-state index is 12.4. The summed E-state index contributed by atoms with van der Waals surface area (Å²) in [7, 11) is 0. The number of ether oxygens (including phenoxy) is 1. The zero-order valence-electron chi connectivity index (χ0n) is 12.2. The van der Waals surface area contributed by atoms with Crippen molar-refractivity contribution in [3.8, 4) is 5.75 Å². The lowest BCUT2D eigenvalue weighted by molar-refractivity contribution is 0.0739. The predicted molar refractivity (Wildman–Crippen MR) is 85.7 cm³/mol. The SMILES string of the molecule is CCn1cnc2sc(C(=O)Oc3ccccc3)c(C)c2c1=O. The molecule has 0 saturated carbocycles. The van der Waals surface area contributed by atoms with Crippen LogP contribution in [0.15, 0.2) is 41.5 Å². The van der Waals surface area contributed by atoms with Crippen molar-refractivity contribution in [3.05, 3.63) is 57.5 Å². The van der Waals surface area contributed by atoms with Gasteiger partial charge < -0.3 is 4.74 Å². The lowest BCUT2D eigenvalue weighted by atomic mass is 10.2. The standard InChI is InChI=1S/C16H14N2O3S/c1-3-18-9-17-14-12(15(18)19)10(2)13(22-14)16(20)21-11-7-5-4-6-8-11/h4-9H,3H2,1-2H3. The van der Waals surface area contributed by atoms with E-state index in [1.165, 1.54) is 22.2 Å². The summed E-state index contributed by atoms with van der Waals surface area (Å²) in [5, 5.41) is 0.495. The number of rotatable bonds is 3. The minimum atomic E-state index is -0.464. The van der Waals surface area contributed by atoms with Crippen molar-refractivity contribution < 1.29 is 9.53 Å². The first-order valence-corrected chi connectivity index (χ1v) is 7.69. The molecule has 1 aromatic carbocycles. The van der Waals surface area contributed by atoms with E-state index in [0.29, 0.717) is 33.0 Å². The minimum Gasteiger partial charge on any atom is -0.422 e. The van der Waals surface area contributed by atoms with Crippen LogP contribution in [0, 0.1) is 6.92 Å². The van der Waals surface area contributed by atoms with Crippen LogP contribution < -0.4 is 10.3 Å². The van der Waals surface area contributed by atoms with Gasteiger partial charge in [0, 0.05) is 6.54 Å². The summed E-state index contributed by atoms with van der Waals surface area (Å²) in [4.78, 5) is 29.9. The summed E-state index contributed by atoms with van der Waals surface area (Å²) in [6.45, 7) is 4.17. The number of carbonyl (C=O) groups excluding carboxylic acids is 1. The second-order valence-electron chi connectivity index (χ2n) is 4.77. The molecule has 0 atom stereocenters. The molecule has 0 fully saturated rings. The predicted octanol–water partition coefficient (Wildman–Crippen LogP) is 3.01. The second kappa shape index (κ2) is 5.73. The Balaban J connectivity index is 2.05. The van der Waals surface area contributed by atoms with E-state index in [4.69, 9.17) is 4.74 Å². The summed E-state index contributed by atoms with van der Waals surface area (Å²) in [6, 6.07) is 8.86. The molecule has 0 bridgehead atoms. The summed E-state index contributed by atoms with van der Waals surface area (Å²) < 4.78 is 6.86. The summed E-state index contributed by atoms with van der Waals surface area (Å²) in [5.74, 6) is 0.0115. The first kappa shape index (κ1) is 14.5. The van der Waals surface area contributed by atoms with Crippen molar-refractivity contribution in [2.24, 2.45) is 0 Å². The molecular formula is C16H14N2O3S. The van der Waals surface area contributed by atoms with E-state index in [9.17, 15) is 9.59 Å². The number of para-hydroxylation sites is 1. The van der Waals surface area contributed by atoms with Gasteiger partial charge in [0.25, 0.3) is 5.56 Å². The van der Waals surface area contributed by atoms with Crippen molar-refractivity contribution in [2.45, 2.75) is 20.4 Å². The van der Waals surface area contributed by atoms with Gasteiger partial charge in [0.05, 0.1) is 11.7 Å². The van der Waals surface area contributed by atoms with Crippen LogP contribution in [0.25, 0.3) is 10.2 Å². The fourth-order valence-electron chi connectivity index (χ4n) is 2.22. The lowest BCUT2D eigenvalue weighted by Crippen LogP contribution is -2.19. The van der Waals surface area contributed by atoms with Gasteiger partial charge in [-0.1, -0.05) is 18.2 Å². The highest BCUT2D eigenvalue weighted by atomic mass is 32.1. The molecule has 2 heterocycles. The van der Waals surface area contributed by atoms with Gasteiger partial charge in [0.2, 0.25) is 0 Å². The quantitative estimate of drug-likeness (QED) is 0.551. The van der Waals surface area contributed by atoms with Crippen molar-refractivity contribution in [2.75, 3.05) is 0 Å². The molecule has 0 spiro atoms. The molecule has 0 aliphatic carbocycles. The van der Waals surface area contributed by atoms with E-state index in [2.05, 4.69) is 4.98 Å². The molecule has 22 heavy (non-hydrogen) atoms. The Morgan fingerprint density at radius 1 is 1.32 bits per heavy atom. The average molecular weight is 314 g/mol. The molecule has 0 N–H and O–H groups in total. The Hall–Kier alpha value is -2.47. The van der Waals surface area contributed by atoms with E-state index in [0.717, 1.165) is 0 Å². The third-order valence-corrected chi connectivity index (χ3v) is 4.58. The van der Waals surface area contributed by atoms with Gasteiger partial charge in [0.1, 0.15) is 15.5 Å². The lowest BCUT2D eigenvalue weighted by Gasteiger charge is -2.02. The third-order valence-electron chi connectivity index (χ3n) is 3.40. The van der Waals surface area contributed by atoms with E-state index < -0.39 is 5.97 Å². The minimum absolute atomic E-state index is 0.125. The number of thiophene rings is 1. The smallest absolute Gasteiger partial charge is 0.354 e. The molecule has 112 valence electrons. The number of hydrogen-bond acceptors (Lipinski definition) is 5. The molecule has 0 aliphatic rings. The number of carbonyl (C=O) groups is 1. The van der Waals surface area contributed by atoms with Crippen LogP contribution >= 0.6 is 11.3 Å². The van der Waals surface area contributed by atoms with Crippen LogP contribution in [-0.4, -0.2) is 15.5 Å². The van der Waals surface area contributed by atoms with Crippen LogP contribution in [0.2, 0.25) is 0 Å².